The van der Waals surface area contributed by atoms with Gasteiger partial charge in [0.2, 0.25) is 0 Å². The quantitative estimate of drug-likeness (QED) is 0.125. The van der Waals surface area contributed by atoms with Gasteiger partial charge in [-0.05, 0) is 313 Å². The fraction of sp³-hybridized carbons (Fsp3) is 0.0441. The van der Waals surface area contributed by atoms with E-state index in [9.17, 15) is 0 Å². The van der Waals surface area contributed by atoms with Gasteiger partial charge >= 0.3 is 0 Å². The lowest BCUT2D eigenvalue weighted by Gasteiger charge is -2.32. The molecule has 1 fully saturated rings. The van der Waals surface area contributed by atoms with Gasteiger partial charge in [-0.3, -0.25) is 4.79 Å². The molecular weight excluding hydrogens is 833 g/mol. The van der Waals surface area contributed by atoms with E-state index < -0.39 is 10.8 Å². The molecule has 0 aliphatic heterocycles. The number of carbonyl (C=O) groups is 1. The molecule has 0 saturated heterocycles. The van der Waals surface area contributed by atoms with Gasteiger partial charge < -0.3 is 0 Å². The predicted octanol–water partition coefficient (Wildman–Crippen LogP) is 17.8. The molecule has 5 aliphatic carbocycles. The second-order valence-electron chi connectivity index (χ2n) is 25.5. The largest absolute Gasteiger partial charge is 0.294 e. The number of rotatable bonds is 2. The summed E-state index contributed by atoms with van der Waals surface area (Å²) in [6, 6.07) is 10.7. The SMILES string of the molecule is O=C(c1ccccc1)C1C23c4c5c6c7c8c9c(c%10c%11c2c2c4c4c%12c5c5c6c6c8c8c%13c9c9c%10c%10c%11c%11c2c2c4c4c%12c%12c5c5c6c8c6c8c%13c9c9c%10c%10c%11c2c2c4c4c%12c5c6c5c8c9c%10c2c45)C713. The molecule has 0 atom stereocenters. The Morgan fingerprint density at radius 3 is 0.522 bits per heavy atom. The van der Waals surface area contributed by atoms with Crippen LogP contribution in [-0.4, -0.2) is 5.78 Å². The highest BCUT2D eigenvalue weighted by atomic mass is 16.1. The van der Waals surface area contributed by atoms with Gasteiger partial charge in [0.15, 0.2) is 5.78 Å². The molecule has 0 radical (unpaired) electrons. The Morgan fingerprint density at radius 1 is 0.217 bits per heavy atom. The average Bonchev–Trinajstić information content (AvgIpc) is 4.29. The van der Waals surface area contributed by atoms with Crippen molar-refractivity contribution in [3.63, 3.8) is 0 Å². The Bertz CT molecular complexity index is 6820. The highest BCUT2D eigenvalue weighted by Gasteiger charge is 2.88. The van der Waals surface area contributed by atoms with Crippen LogP contribution in [0.15, 0.2) is 30.3 Å². The van der Waals surface area contributed by atoms with Gasteiger partial charge in [0.25, 0.3) is 0 Å². The highest BCUT2D eigenvalue weighted by molar-refractivity contribution is 6.82. The molecule has 1 nitrogen and oxygen atoms in total. The molecule has 284 valence electrons. The van der Waals surface area contributed by atoms with E-state index in [0.29, 0.717) is 5.78 Å². The fourth-order valence-electron chi connectivity index (χ4n) is 25.6. The van der Waals surface area contributed by atoms with Crippen LogP contribution in [0.2, 0.25) is 0 Å². The highest BCUT2D eigenvalue weighted by Crippen LogP contribution is 2.92. The Morgan fingerprint density at radius 2 is 0.362 bits per heavy atom. The van der Waals surface area contributed by atoms with E-state index in [1.165, 1.54) is 0 Å². The Kier molecular flexibility index (Phi) is 1.99. The topological polar surface area (TPSA) is 17.1 Å². The van der Waals surface area contributed by atoms with Gasteiger partial charge in [-0.25, -0.2) is 0 Å². The van der Waals surface area contributed by atoms with Crippen LogP contribution < -0.4 is 0 Å². The van der Waals surface area contributed by atoms with Crippen molar-refractivity contribution in [3.8, 4) is 0 Å². The second kappa shape index (κ2) is 5.52. The Hall–Kier alpha value is -8.65. The molecule has 2 spiro atoms. The monoisotopic (exact) mass is 838 g/mol. The summed E-state index contributed by atoms with van der Waals surface area (Å²) in [6.45, 7) is 0. The molecular formula is C68H6O. The van der Waals surface area contributed by atoms with Crippen molar-refractivity contribution in [3.05, 3.63) is 58.1 Å². The molecule has 0 bridgehead atoms. The second-order valence-corrected chi connectivity index (χ2v) is 25.5. The molecule has 69 heavy (non-hydrogen) atoms. The number of hydrogen-bond acceptors (Lipinski definition) is 1. The molecule has 0 heterocycles. The molecule has 5 aliphatic rings. The van der Waals surface area contributed by atoms with Gasteiger partial charge in [0.1, 0.15) is 0 Å². The van der Waals surface area contributed by atoms with Crippen molar-refractivity contribution in [2.75, 3.05) is 0 Å². The minimum Gasteiger partial charge on any atom is -0.294 e. The molecule has 29 aromatic carbocycles. The first-order valence-corrected chi connectivity index (χ1v) is 25.7. The molecule has 34 rings (SSSR count). The minimum atomic E-state index is -0.453. The zero-order chi connectivity index (χ0) is 40.8. The van der Waals surface area contributed by atoms with Crippen molar-refractivity contribution in [2.24, 2.45) is 5.92 Å². The van der Waals surface area contributed by atoms with Gasteiger partial charge in [-0.15, -0.1) is 0 Å². The third kappa shape index (κ3) is 1.28. The van der Waals surface area contributed by atoms with Crippen molar-refractivity contribution >= 4 is 297 Å². The average molecular weight is 839 g/mol. The number of hydrogen-bond donors (Lipinski definition) is 0. The molecule has 0 amide bonds. The smallest absolute Gasteiger partial charge is 0.168 e. The van der Waals surface area contributed by atoms with E-state index in [4.69, 9.17) is 0 Å². The molecule has 29 aromatic rings. The van der Waals surface area contributed by atoms with E-state index in [-0.39, 0.29) is 5.92 Å². The van der Waals surface area contributed by atoms with Gasteiger partial charge in [-0.1, -0.05) is 30.3 Å². The summed E-state index contributed by atoms with van der Waals surface area (Å²) in [5.74, 6) is 0.187. The maximum absolute atomic E-state index is 16.7. The predicted molar refractivity (Wildman–Crippen MR) is 288 cm³/mol. The van der Waals surface area contributed by atoms with Crippen LogP contribution in [0.4, 0.5) is 0 Å². The third-order valence-corrected chi connectivity index (χ3v) is 25.6. The molecule has 1 saturated carbocycles. The summed E-state index contributed by atoms with van der Waals surface area (Å²) >= 11 is 0. The van der Waals surface area contributed by atoms with Gasteiger partial charge in [0, 0.05) is 16.4 Å². The summed E-state index contributed by atoms with van der Waals surface area (Å²) in [4.78, 5) is 16.7. The maximum Gasteiger partial charge on any atom is 0.168 e. The number of benzene rings is 19. The Labute approximate surface area is 374 Å². The van der Waals surface area contributed by atoms with E-state index in [1.54, 1.807) is 313 Å². The maximum atomic E-state index is 16.7. The van der Waals surface area contributed by atoms with Crippen LogP contribution in [-0.2, 0) is 10.8 Å². The first-order valence-electron chi connectivity index (χ1n) is 25.7. The first kappa shape index (κ1) is 24.9. The number of Topliss-reactive ketones (excluding diaryl/α,β-unsaturated/α-hetero) is 1. The molecule has 0 unspecified atom stereocenters. The lowest BCUT2D eigenvalue weighted by atomic mass is 9.68. The van der Waals surface area contributed by atoms with Crippen molar-refractivity contribution in [1.29, 1.82) is 0 Å². The molecule has 0 aromatic heterocycles. The zero-order valence-electron chi connectivity index (χ0n) is 34.9. The first-order chi connectivity index (χ1) is 34.4. The van der Waals surface area contributed by atoms with Crippen molar-refractivity contribution < 1.29 is 4.79 Å². The van der Waals surface area contributed by atoms with Crippen molar-refractivity contribution in [1.82, 2.24) is 0 Å². The summed E-state index contributed by atoms with van der Waals surface area (Å²) in [5.41, 5.74) is 6.41. The zero-order valence-corrected chi connectivity index (χ0v) is 34.9. The standard InChI is InChI=1S/C68H6O/c69-65(6-4-2-1-3-5-6)66-67-61-53-45-35-25-17-9-7-8-11-15-13(9)21-29-23(15)33-27-19(11)20-12(8)16-14-10(7)18(17)26-32-22(14)30-24(16)34-28(20)38-37(27)47-41(33)51-43(29)49(39(45)31(21)25)57(61)59(51)63-55(47)56-48(38)42(34)52-44(30)50-40(32)46(36(26)35)54(53)62(67)58(50)60(52)64(56)68(63,66)67/h1-5,66H. The minimum absolute atomic E-state index is 0.194. The van der Waals surface area contributed by atoms with Crippen LogP contribution in [0.5, 0.6) is 0 Å². The lowest BCUT2D eigenvalue weighted by molar-refractivity contribution is 0.0956. The Balaban J connectivity index is 1.18. The third-order valence-electron chi connectivity index (χ3n) is 25.6. The lowest BCUT2D eigenvalue weighted by Crippen LogP contribution is -2.27. The molecule has 1 heteroatoms. The fourth-order valence-corrected chi connectivity index (χ4v) is 25.6. The summed E-state index contributed by atoms with van der Waals surface area (Å²) in [5, 5.41) is 86.9. The summed E-state index contributed by atoms with van der Waals surface area (Å²) < 4.78 is 0. The molecule has 0 N–H and O–H groups in total. The summed E-state index contributed by atoms with van der Waals surface area (Å²) in [7, 11) is 0. The van der Waals surface area contributed by atoms with E-state index in [2.05, 4.69) is 30.3 Å². The van der Waals surface area contributed by atoms with Crippen LogP contribution in [0.1, 0.15) is 32.6 Å². The van der Waals surface area contributed by atoms with E-state index >= 15 is 4.79 Å². The van der Waals surface area contributed by atoms with Crippen molar-refractivity contribution in [2.45, 2.75) is 10.8 Å². The van der Waals surface area contributed by atoms with Crippen LogP contribution in [0.3, 0.4) is 0 Å². The van der Waals surface area contributed by atoms with Gasteiger partial charge in [0.05, 0.1) is 5.92 Å². The van der Waals surface area contributed by atoms with Crippen LogP contribution in [0.25, 0.3) is 291 Å². The van der Waals surface area contributed by atoms with Crippen LogP contribution in [0, 0.1) is 5.92 Å². The van der Waals surface area contributed by atoms with E-state index in [0.717, 1.165) is 5.56 Å². The van der Waals surface area contributed by atoms with Gasteiger partial charge in [-0.2, -0.15) is 0 Å². The summed E-state index contributed by atoms with van der Waals surface area (Å²) in [6.07, 6.45) is 0. The number of carbonyl (C=O) groups excluding carboxylic acids is 1. The normalized spacial score (nSPS) is 23.4. The van der Waals surface area contributed by atoms with E-state index in [1.807, 2.05) is 0 Å². The number of ketones is 1. The van der Waals surface area contributed by atoms with Crippen LogP contribution >= 0.6 is 0 Å².